The van der Waals surface area contributed by atoms with Gasteiger partial charge in [0.15, 0.2) is 0 Å². The van der Waals surface area contributed by atoms with Crippen LogP contribution in [0.1, 0.15) is 19.4 Å². The Bertz CT molecular complexity index is 390. The summed E-state index contributed by atoms with van der Waals surface area (Å²) >= 11 is 0. The Morgan fingerprint density at radius 2 is 1.94 bits per heavy atom. The summed E-state index contributed by atoms with van der Waals surface area (Å²) in [6, 6.07) is 9.94. The molecule has 0 bridgehead atoms. The van der Waals surface area contributed by atoms with Crippen LogP contribution in [0.5, 0.6) is 0 Å². The van der Waals surface area contributed by atoms with Crippen LogP contribution in [-0.2, 0) is 9.53 Å². The van der Waals surface area contributed by atoms with Crippen molar-refractivity contribution in [3.05, 3.63) is 54.6 Å². The van der Waals surface area contributed by atoms with E-state index in [4.69, 9.17) is 4.74 Å². The lowest BCUT2D eigenvalue weighted by molar-refractivity contribution is -0.142. The number of benzene rings is 1. The van der Waals surface area contributed by atoms with Gasteiger partial charge in [-0.2, -0.15) is 0 Å². The summed E-state index contributed by atoms with van der Waals surface area (Å²) in [4.78, 5) is 10.8. The van der Waals surface area contributed by atoms with Crippen molar-refractivity contribution in [2.45, 2.75) is 20.0 Å². The molecule has 0 aliphatic heterocycles. The zero-order chi connectivity index (χ0) is 12.0. The van der Waals surface area contributed by atoms with E-state index in [0.29, 0.717) is 0 Å². The van der Waals surface area contributed by atoms with E-state index < -0.39 is 0 Å². The second-order valence-electron chi connectivity index (χ2n) is 3.53. The normalized spacial score (nSPS) is 13.0. The van der Waals surface area contributed by atoms with Crippen LogP contribution in [0.4, 0.5) is 0 Å². The summed E-state index contributed by atoms with van der Waals surface area (Å²) in [6.07, 6.45) is 3.12. The third-order valence-corrected chi connectivity index (χ3v) is 2.18. The van der Waals surface area contributed by atoms with E-state index in [-0.39, 0.29) is 12.1 Å². The second kappa shape index (κ2) is 5.91. The number of ether oxygens (including phenoxy) is 1. The molecule has 0 aliphatic rings. The van der Waals surface area contributed by atoms with Crippen LogP contribution in [0.2, 0.25) is 0 Å². The van der Waals surface area contributed by atoms with Crippen LogP contribution >= 0.6 is 0 Å². The third-order valence-electron chi connectivity index (χ3n) is 2.18. The molecule has 0 amide bonds. The highest BCUT2D eigenvalue weighted by Gasteiger charge is 2.04. The summed E-state index contributed by atoms with van der Waals surface area (Å²) in [5.41, 5.74) is 2.17. The maximum absolute atomic E-state index is 10.8. The lowest BCUT2D eigenvalue weighted by atomic mass is 10.1. The monoisotopic (exact) mass is 216 g/mol. The van der Waals surface area contributed by atoms with Crippen molar-refractivity contribution >= 4 is 11.5 Å². The molecule has 1 rings (SSSR count). The molecule has 1 atom stereocenters. The first-order chi connectivity index (χ1) is 7.63. The maximum Gasteiger partial charge on any atom is 0.303 e. The lowest BCUT2D eigenvalue weighted by Crippen LogP contribution is -2.10. The molecule has 0 N–H and O–H groups in total. The maximum atomic E-state index is 10.8. The number of hydrogen-bond donors (Lipinski definition) is 0. The first kappa shape index (κ1) is 12.2. The smallest absolute Gasteiger partial charge is 0.303 e. The number of allylic oxidation sites excluding steroid dienone is 1. The summed E-state index contributed by atoms with van der Waals surface area (Å²) < 4.78 is 5.06. The molecule has 0 radical (unpaired) electrons. The number of carbonyl (C=O) groups excluding carboxylic acids is 1. The predicted octanol–water partition coefficient (Wildman–Crippen LogP) is 3.21. The molecule has 1 unspecified atom stereocenters. The van der Waals surface area contributed by atoms with Crippen molar-refractivity contribution in [1.82, 2.24) is 0 Å². The molecule has 1 aromatic rings. The van der Waals surface area contributed by atoms with Crippen molar-refractivity contribution in [3.8, 4) is 0 Å². The SMILES string of the molecule is C=CC(/C=C(\C)c1ccccc1)OC(C)=O. The molecule has 0 saturated heterocycles. The number of hydrogen-bond acceptors (Lipinski definition) is 2. The van der Waals surface area contributed by atoms with Crippen LogP contribution in [0.15, 0.2) is 49.1 Å². The molecule has 0 heterocycles. The minimum absolute atomic E-state index is 0.304. The van der Waals surface area contributed by atoms with Crippen LogP contribution < -0.4 is 0 Å². The van der Waals surface area contributed by atoms with E-state index in [2.05, 4.69) is 6.58 Å². The molecular formula is C14H16O2. The van der Waals surface area contributed by atoms with Gasteiger partial charge in [-0.15, -0.1) is 0 Å². The second-order valence-corrected chi connectivity index (χ2v) is 3.53. The number of carbonyl (C=O) groups is 1. The minimum atomic E-state index is -0.363. The Balaban J connectivity index is 2.82. The molecule has 0 saturated carbocycles. The van der Waals surface area contributed by atoms with Gasteiger partial charge in [0, 0.05) is 6.92 Å². The summed E-state index contributed by atoms with van der Waals surface area (Å²) in [7, 11) is 0. The summed E-state index contributed by atoms with van der Waals surface area (Å²) in [6.45, 7) is 7.01. The third kappa shape index (κ3) is 3.73. The van der Waals surface area contributed by atoms with Crippen molar-refractivity contribution in [2.75, 3.05) is 0 Å². The first-order valence-electron chi connectivity index (χ1n) is 5.17. The fraction of sp³-hybridized carbons (Fsp3) is 0.214. The average molecular weight is 216 g/mol. The molecule has 1 aromatic carbocycles. The van der Waals surface area contributed by atoms with E-state index >= 15 is 0 Å². The van der Waals surface area contributed by atoms with Crippen LogP contribution in [0, 0.1) is 0 Å². The summed E-state index contributed by atoms with van der Waals surface area (Å²) in [5, 5.41) is 0. The van der Waals surface area contributed by atoms with Gasteiger partial charge in [-0.25, -0.2) is 0 Å². The van der Waals surface area contributed by atoms with E-state index in [1.165, 1.54) is 6.92 Å². The standard InChI is InChI=1S/C14H16O2/c1-4-14(16-12(3)15)10-11(2)13-8-6-5-7-9-13/h4-10,14H,1H2,2-3H3/b11-10+. The zero-order valence-electron chi connectivity index (χ0n) is 9.64. The topological polar surface area (TPSA) is 26.3 Å². The molecule has 0 spiro atoms. The van der Waals surface area contributed by atoms with Gasteiger partial charge >= 0.3 is 5.97 Å². The Hall–Kier alpha value is -1.83. The molecule has 0 fully saturated rings. The predicted molar refractivity (Wildman–Crippen MR) is 65.8 cm³/mol. The summed E-state index contributed by atoms with van der Waals surface area (Å²) in [5.74, 6) is -0.304. The van der Waals surface area contributed by atoms with Gasteiger partial charge < -0.3 is 4.74 Å². The highest BCUT2D eigenvalue weighted by molar-refractivity contribution is 5.68. The van der Waals surface area contributed by atoms with E-state index in [1.54, 1.807) is 6.08 Å². The minimum Gasteiger partial charge on any atom is -0.454 e. The van der Waals surface area contributed by atoms with Gasteiger partial charge in [-0.05, 0) is 30.2 Å². The molecule has 2 nitrogen and oxygen atoms in total. The van der Waals surface area contributed by atoms with Gasteiger partial charge in [-0.1, -0.05) is 36.9 Å². The Morgan fingerprint density at radius 1 is 1.31 bits per heavy atom. The molecule has 0 aliphatic carbocycles. The largest absolute Gasteiger partial charge is 0.454 e. The van der Waals surface area contributed by atoms with Gasteiger partial charge in [0.25, 0.3) is 0 Å². The quantitative estimate of drug-likeness (QED) is 0.570. The number of rotatable bonds is 4. The van der Waals surface area contributed by atoms with E-state index in [1.807, 2.05) is 43.3 Å². The van der Waals surface area contributed by atoms with Crippen molar-refractivity contribution in [2.24, 2.45) is 0 Å². The van der Waals surface area contributed by atoms with Crippen molar-refractivity contribution < 1.29 is 9.53 Å². The Morgan fingerprint density at radius 3 is 2.44 bits per heavy atom. The van der Waals surface area contributed by atoms with Crippen LogP contribution in [0.3, 0.4) is 0 Å². The fourth-order valence-corrected chi connectivity index (χ4v) is 1.39. The highest BCUT2D eigenvalue weighted by atomic mass is 16.5. The molecule has 84 valence electrons. The van der Waals surface area contributed by atoms with Crippen LogP contribution in [-0.4, -0.2) is 12.1 Å². The lowest BCUT2D eigenvalue weighted by Gasteiger charge is -2.10. The number of esters is 1. The van der Waals surface area contributed by atoms with E-state index in [0.717, 1.165) is 11.1 Å². The molecule has 16 heavy (non-hydrogen) atoms. The highest BCUT2D eigenvalue weighted by Crippen LogP contribution is 2.14. The van der Waals surface area contributed by atoms with Gasteiger partial charge in [-0.3, -0.25) is 4.79 Å². The van der Waals surface area contributed by atoms with Crippen molar-refractivity contribution in [3.63, 3.8) is 0 Å². The molecular weight excluding hydrogens is 200 g/mol. The van der Waals surface area contributed by atoms with Crippen molar-refractivity contribution in [1.29, 1.82) is 0 Å². The van der Waals surface area contributed by atoms with Gasteiger partial charge in [0.05, 0.1) is 0 Å². The zero-order valence-corrected chi connectivity index (χ0v) is 9.64. The molecule has 2 heteroatoms. The fourth-order valence-electron chi connectivity index (χ4n) is 1.39. The van der Waals surface area contributed by atoms with Crippen LogP contribution in [0.25, 0.3) is 5.57 Å². The van der Waals surface area contributed by atoms with E-state index in [9.17, 15) is 4.79 Å². The Kier molecular flexibility index (Phi) is 4.52. The molecule has 0 aromatic heterocycles. The first-order valence-corrected chi connectivity index (χ1v) is 5.17. The Labute approximate surface area is 96.2 Å². The van der Waals surface area contributed by atoms with Gasteiger partial charge in [0.2, 0.25) is 0 Å². The average Bonchev–Trinajstić information content (AvgIpc) is 2.28. The van der Waals surface area contributed by atoms with Gasteiger partial charge in [0.1, 0.15) is 6.10 Å².